The monoisotopic (exact) mass is 958 g/mol. The number of nitrogens with zero attached hydrogens (tertiary/aromatic N) is 1. The Bertz CT molecular complexity index is 1810. The Morgan fingerprint density at radius 3 is 2.26 bits per heavy atom. The Kier molecular flexibility index (Phi) is 22.9. The fourth-order valence-electron chi connectivity index (χ4n) is 10.5. The Labute approximate surface area is 405 Å². The summed E-state index contributed by atoms with van der Waals surface area (Å²) in [4.78, 5) is 72.1. The molecule has 384 valence electrons. The summed E-state index contributed by atoms with van der Waals surface area (Å²) < 4.78 is 35.6. The van der Waals surface area contributed by atoms with Crippen LogP contribution < -0.4 is 0 Å². The third-order valence-corrected chi connectivity index (χ3v) is 14.9. The normalized spacial score (nSPS) is 39.2. The molecule has 68 heavy (non-hydrogen) atoms. The van der Waals surface area contributed by atoms with Gasteiger partial charge in [0.25, 0.3) is 11.7 Å². The number of rotatable bonds is 9. The van der Waals surface area contributed by atoms with E-state index < -0.39 is 77.8 Å². The highest BCUT2D eigenvalue weighted by molar-refractivity contribution is 6.39. The zero-order valence-electron chi connectivity index (χ0n) is 42.4. The lowest BCUT2D eigenvalue weighted by Crippen LogP contribution is -2.61. The first-order chi connectivity index (χ1) is 32.3. The number of esters is 1. The van der Waals surface area contributed by atoms with E-state index in [4.69, 9.17) is 28.4 Å². The summed E-state index contributed by atoms with van der Waals surface area (Å²) in [5, 5.41) is 32.8. The van der Waals surface area contributed by atoms with E-state index in [0.29, 0.717) is 63.4 Å². The predicted molar refractivity (Wildman–Crippen MR) is 256 cm³/mol. The summed E-state index contributed by atoms with van der Waals surface area (Å²) in [6.45, 7) is 12.9. The summed E-state index contributed by atoms with van der Waals surface area (Å²) in [6.07, 6.45) is 12.0. The van der Waals surface area contributed by atoms with Crippen LogP contribution in [0.5, 0.6) is 0 Å². The van der Waals surface area contributed by atoms with Gasteiger partial charge in [0.1, 0.15) is 30.1 Å². The molecule has 15 heteroatoms. The largest absolute Gasteiger partial charge is 0.460 e. The standard InChI is InChI=1S/C53H83NO14/c1-32-16-12-11-13-17-33(2)44(63-8)30-40-21-19-38(7)53(62,68-40)50(59)51(60)54-23-15-14-18-41(54)52(61)67-45(35(4)28-39-20-22-43(66-25-24-55)46(29-39)64-9)31-42(56)34(3)27-37(6)48(58)49(65-10)47(57)36(5)26-32/h11-13,16-17,27,32,34-36,38-41,43-46,48-49,55,58,62H,14-15,18-26,28-31H2,1-10H3/b13-11+,16-12+,33-17+,37-27+/t32-,34-,35+,36-,38-,39+,40+,41+,43-,44+,45+,46?,48?,49+,53-/m1/s1. The molecule has 0 spiro atoms. The van der Waals surface area contributed by atoms with Crippen molar-refractivity contribution in [2.24, 2.45) is 35.5 Å². The summed E-state index contributed by atoms with van der Waals surface area (Å²) in [7, 11) is 4.58. The minimum absolute atomic E-state index is 0.0158. The van der Waals surface area contributed by atoms with Gasteiger partial charge in [0.2, 0.25) is 5.79 Å². The Morgan fingerprint density at radius 2 is 1.59 bits per heavy atom. The second-order valence-electron chi connectivity index (χ2n) is 20.2. The van der Waals surface area contributed by atoms with Crippen LogP contribution >= 0.6 is 0 Å². The maximum atomic E-state index is 14.5. The van der Waals surface area contributed by atoms with E-state index in [2.05, 4.69) is 0 Å². The van der Waals surface area contributed by atoms with Crippen molar-refractivity contribution >= 4 is 29.2 Å². The number of piperidine rings is 1. The van der Waals surface area contributed by atoms with Gasteiger partial charge >= 0.3 is 5.97 Å². The molecule has 3 heterocycles. The molecule has 4 rings (SSSR count). The number of allylic oxidation sites excluding steroid dienone is 6. The molecule has 1 saturated carbocycles. The van der Waals surface area contributed by atoms with Crippen LogP contribution in [0.1, 0.15) is 126 Å². The van der Waals surface area contributed by atoms with E-state index in [9.17, 15) is 39.3 Å². The summed E-state index contributed by atoms with van der Waals surface area (Å²) in [6, 6.07) is -1.14. The van der Waals surface area contributed by atoms with Gasteiger partial charge in [0.15, 0.2) is 5.78 Å². The second-order valence-corrected chi connectivity index (χ2v) is 20.2. The number of hydrogen-bond donors (Lipinski definition) is 3. The highest BCUT2D eigenvalue weighted by Gasteiger charge is 2.53. The molecule has 15 nitrogen and oxygen atoms in total. The van der Waals surface area contributed by atoms with Crippen LogP contribution in [0, 0.1) is 35.5 Å². The van der Waals surface area contributed by atoms with Gasteiger partial charge < -0.3 is 48.6 Å². The number of carbonyl (C=O) groups is 5. The average Bonchev–Trinajstić information content (AvgIpc) is 3.32. The van der Waals surface area contributed by atoms with Crippen molar-refractivity contribution in [1.82, 2.24) is 4.90 Å². The molecule has 3 N–H and O–H groups in total. The lowest BCUT2D eigenvalue weighted by molar-refractivity contribution is -0.265. The van der Waals surface area contributed by atoms with Gasteiger partial charge in [-0.1, -0.05) is 71.1 Å². The van der Waals surface area contributed by atoms with Crippen molar-refractivity contribution in [2.75, 3.05) is 41.1 Å². The van der Waals surface area contributed by atoms with Crippen molar-refractivity contribution in [3.63, 3.8) is 0 Å². The Morgan fingerprint density at radius 1 is 0.853 bits per heavy atom. The zero-order chi connectivity index (χ0) is 50.3. The highest BCUT2D eigenvalue weighted by Crippen LogP contribution is 2.38. The smallest absolute Gasteiger partial charge is 0.329 e. The Hall–Kier alpha value is -3.41. The minimum Gasteiger partial charge on any atom is -0.460 e. The minimum atomic E-state index is -2.43. The molecule has 0 aromatic rings. The van der Waals surface area contributed by atoms with Gasteiger partial charge in [0.05, 0.1) is 37.6 Å². The number of ketones is 3. The fraction of sp³-hybridized carbons (Fsp3) is 0.755. The van der Waals surface area contributed by atoms with E-state index in [1.165, 1.54) is 12.0 Å². The van der Waals surface area contributed by atoms with Crippen molar-refractivity contribution < 1.29 is 67.7 Å². The molecule has 0 aromatic carbocycles. The Balaban J connectivity index is 1.70. The number of cyclic esters (lactones) is 1. The molecule has 2 unspecified atom stereocenters. The molecular formula is C53H83NO14. The average molecular weight is 958 g/mol. The number of fused-ring (bicyclic) bond motifs is 3. The molecule has 1 aliphatic carbocycles. The first-order valence-corrected chi connectivity index (χ1v) is 25.0. The molecule has 0 aromatic heterocycles. The quantitative estimate of drug-likeness (QED) is 0.134. The maximum absolute atomic E-state index is 14.5. The number of Topliss-reactive ketones (excluding diaryl/α,β-unsaturated/α-hetero) is 3. The molecule has 15 atom stereocenters. The number of aliphatic hydroxyl groups is 3. The zero-order valence-corrected chi connectivity index (χ0v) is 42.4. The molecule has 3 fully saturated rings. The van der Waals surface area contributed by atoms with Crippen molar-refractivity contribution in [3.8, 4) is 0 Å². The van der Waals surface area contributed by atoms with E-state index >= 15 is 0 Å². The number of ether oxygens (including phenoxy) is 6. The lowest BCUT2D eigenvalue weighted by Gasteiger charge is -2.42. The maximum Gasteiger partial charge on any atom is 0.329 e. The van der Waals surface area contributed by atoms with Crippen LogP contribution in [0.25, 0.3) is 0 Å². The topological polar surface area (TPSA) is 205 Å². The van der Waals surface area contributed by atoms with Crippen molar-refractivity contribution in [2.45, 2.75) is 180 Å². The number of methoxy groups -OCH3 is 3. The van der Waals surface area contributed by atoms with Crippen LogP contribution in [0.15, 0.2) is 47.6 Å². The van der Waals surface area contributed by atoms with Crippen LogP contribution in [-0.2, 0) is 52.4 Å². The first kappa shape index (κ1) is 57.2. The summed E-state index contributed by atoms with van der Waals surface area (Å²) in [5.74, 6) is -7.96. The third kappa shape index (κ3) is 15.3. The molecule has 3 aliphatic heterocycles. The van der Waals surface area contributed by atoms with E-state index in [1.807, 2.05) is 58.1 Å². The van der Waals surface area contributed by atoms with Crippen LogP contribution in [-0.4, -0.2) is 145 Å². The molecule has 4 aliphatic rings. The summed E-state index contributed by atoms with van der Waals surface area (Å²) in [5.41, 5.74) is 1.26. The number of aliphatic hydroxyl groups excluding tert-OH is 2. The van der Waals surface area contributed by atoms with Crippen LogP contribution in [0.2, 0.25) is 0 Å². The third-order valence-electron chi connectivity index (χ3n) is 14.9. The number of carbonyl (C=O) groups excluding carboxylic acids is 5. The molecular weight excluding hydrogens is 875 g/mol. The van der Waals surface area contributed by atoms with Crippen LogP contribution in [0.4, 0.5) is 0 Å². The van der Waals surface area contributed by atoms with Gasteiger partial charge in [-0.3, -0.25) is 19.2 Å². The lowest BCUT2D eigenvalue weighted by atomic mass is 9.78. The SMILES string of the molecule is COC1C[C@H](C[C@H](C)[C@@H]2CC(=O)[C@H](C)/C=C(\C)C(O)[C@@H](OC)C(=O)[C@H](C)C[C@H](C)/C=C/C=C/C=C(\C)[C@@H](OC)C[C@@H]3CC[C@@H](C)[C@@](O)(O3)C(=O)C(=O)N3CCCC[C@H]3C(=O)O2)CC[C@H]1OCCO. The number of hydrogen-bond acceptors (Lipinski definition) is 14. The van der Waals surface area contributed by atoms with E-state index in [1.54, 1.807) is 41.1 Å². The second kappa shape index (κ2) is 27.3. The molecule has 2 saturated heterocycles. The van der Waals surface area contributed by atoms with Gasteiger partial charge in [-0.15, -0.1) is 0 Å². The highest BCUT2D eigenvalue weighted by atomic mass is 16.6. The van der Waals surface area contributed by atoms with E-state index in [0.717, 1.165) is 12.0 Å². The van der Waals surface area contributed by atoms with Crippen molar-refractivity contribution in [3.05, 3.63) is 47.6 Å². The van der Waals surface area contributed by atoms with Crippen LogP contribution in [0.3, 0.4) is 0 Å². The molecule has 2 bridgehead atoms. The van der Waals surface area contributed by atoms with Gasteiger partial charge in [-0.25, -0.2) is 4.79 Å². The molecule has 1 amide bonds. The van der Waals surface area contributed by atoms with E-state index in [-0.39, 0.29) is 74.1 Å². The van der Waals surface area contributed by atoms with Crippen molar-refractivity contribution in [1.29, 1.82) is 0 Å². The molecule has 0 radical (unpaired) electrons. The first-order valence-electron chi connectivity index (χ1n) is 25.0. The van der Waals surface area contributed by atoms with Gasteiger partial charge in [-0.2, -0.15) is 0 Å². The van der Waals surface area contributed by atoms with Gasteiger partial charge in [0, 0.05) is 58.5 Å². The number of amides is 1. The summed E-state index contributed by atoms with van der Waals surface area (Å²) >= 11 is 0. The van der Waals surface area contributed by atoms with Gasteiger partial charge in [-0.05, 0) is 107 Å². The predicted octanol–water partition coefficient (Wildman–Crippen LogP) is 6.20. The fourth-order valence-corrected chi connectivity index (χ4v) is 10.5.